The van der Waals surface area contributed by atoms with Crippen molar-refractivity contribution in [3.05, 3.63) is 108 Å². The maximum absolute atomic E-state index is 13.7. The summed E-state index contributed by atoms with van der Waals surface area (Å²) in [4.78, 5) is 81.8. The van der Waals surface area contributed by atoms with Crippen molar-refractivity contribution in [1.29, 1.82) is 0 Å². The van der Waals surface area contributed by atoms with Crippen molar-refractivity contribution in [3.63, 3.8) is 0 Å². The lowest BCUT2D eigenvalue weighted by Gasteiger charge is -2.25. The van der Waals surface area contributed by atoms with Crippen molar-refractivity contribution in [3.8, 4) is 0 Å². The van der Waals surface area contributed by atoms with E-state index in [1.54, 1.807) is 27.0 Å². The van der Waals surface area contributed by atoms with E-state index in [1.807, 2.05) is 84.9 Å². The normalized spacial score (nSPS) is 13.2. The van der Waals surface area contributed by atoms with Crippen LogP contribution in [0.4, 0.5) is 9.59 Å². The number of fused-ring (bicyclic) bond motifs is 1. The first-order valence-electron chi connectivity index (χ1n) is 19.3. The van der Waals surface area contributed by atoms with Crippen molar-refractivity contribution >= 4 is 46.8 Å². The Labute approximate surface area is 338 Å². The number of alkyl carbamates (subject to hydrolysis) is 2. The summed E-state index contributed by atoms with van der Waals surface area (Å²) in [6, 6.07) is 21.4. The lowest BCUT2D eigenvalue weighted by Crippen LogP contribution is -2.57. The predicted molar refractivity (Wildman–Crippen MR) is 217 cm³/mol. The van der Waals surface area contributed by atoms with E-state index in [0.29, 0.717) is 12.8 Å². The molecule has 4 aromatic rings. The molecule has 3 aromatic carbocycles. The number of esters is 1. The highest BCUT2D eigenvalue weighted by molar-refractivity contribution is 5.95. The van der Waals surface area contributed by atoms with E-state index >= 15 is 0 Å². The fraction of sp³-hybridized carbons (Fsp3) is 0.395. The first-order chi connectivity index (χ1) is 27.7. The number of rotatable bonds is 19. The summed E-state index contributed by atoms with van der Waals surface area (Å²) in [5.74, 6) is -2.63. The molecule has 0 radical (unpaired) electrons. The summed E-state index contributed by atoms with van der Waals surface area (Å²) < 4.78 is 16.0. The molecule has 1 aromatic heterocycles. The lowest BCUT2D eigenvalue weighted by molar-refractivity contribution is -0.148. The second-order valence-corrected chi connectivity index (χ2v) is 14.9. The molecular formula is C43H54N6O9. The van der Waals surface area contributed by atoms with Gasteiger partial charge in [-0.1, -0.05) is 78.9 Å². The Morgan fingerprint density at radius 1 is 0.638 bits per heavy atom. The number of carbonyl (C=O) groups excluding carboxylic acids is 6. The SMILES string of the molecule is C[C@@H](NC(=O)[C@H](CCCCNC(=O)OCc1ccccc1)NC(=O)OC(C)(C)C)C(=O)N[C@@H](Cc1c[nH]c2ccccc12)C(=O)N[C@H](C)C(=O)OCc1ccccc1. The minimum absolute atomic E-state index is 0.0249. The largest absolute Gasteiger partial charge is 0.459 e. The topological polar surface area (TPSA) is 206 Å². The Morgan fingerprint density at radius 3 is 1.88 bits per heavy atom. The van der Waals surface area contributed by atoms with Gasteiger partial charge < -0.3 is 45.8 Å². The van der Waals surface area contributed by atoms with E-state index < -0.39 is 65.6 Å². The van der Waals surface area contributed by atoms with E-state index in [1.165, 1.54) is 13.8 Å². The van der Waals surface area contributed by atoms with Gasteiger partial charge in [-0.05, 0) is 76.6 Å². The van der Waals surface area contributed by atoms with Gasteiger partial charge in [0.25, 0.3) is 0 Å². The van der Waals surface area contributed by atoms with E-state index in [9.17, 15) is 28.8 Å². The highest BCUT2D eigenvalue weighted by Crippen LogP contribution is 2.19. The number of aromatic nitrogens is 1. The molecule has 6 N–H and O–H groups in total. The highest BCUT2D eigenvalue weighted by Gasteiger charge is 2.30. The van der Waals surface area contributed by atoms with Crippen LogP contribution in [0.5, 0.6) is 0 Å². The summed E-state index contributed by atoms with van der Waals surface area (Å²) in [7, 11) is 0. The number of unbranched alkanes of at least 4 members (excludes halogenated alkanes) is 1. The van der Waals surface area contributed by atoms with Gasteiger partial charge in [0.15, 0.2) is 0 Å². The molecule has 0 bridgehead atoms. The molecule has 0 fully saturated rings. The Hall–Kier alpha value is -6.38. The molecule has 4 rings (SSSR count). The number of aromatic amines is 1. The van der Waals surface area contributed by atoms with Crippen LogP contribution in [0.25, 0.3) is 10.9 Å². The summed E-state index contributed by atoms with van der Waals surface area (Å²) >= 11 is 0. The van der Waals surface area contributed by atoms with Gasteiger partial charge in [-0.2, -0.15) is 0 Å². The standard InChI is InChI=1S/C43H54N6O9/c1-28(46-38(51)35(49-42(55)58-43(3,4)5)22-14-15-23-44-41(54)57-27-31-18-10-7-11-19-31)37(50)48-36(24-32-25-45-34-21-13-12-20-33(32)34)39(52)47-29(2)40(53)56-26-30-16-8-6-9-17-30/h6-13,16-21,25,28-29,35-36,45H,14-15,22-24,26-27H2,1-5H3,(H,44,54)(H,46,51)(H,47,52)(H,48,50)(H,49,55)/t28-,29-,35+,36+/m1/s1. The molecule has 15 nitrogen and oxygen atoms in total. The van der Waals surface area contributed by atoms with Crippen LogP contribution in [0.1, 0.15) is 70.6 Å². The molecule has 5 amide bonds. The number of benzene rings is 3. The summed E-state index contributed by atoms with van der Waals surface area (Å²) in [5.41, 5.74) is 2.38. The van der Waals surface area contributed by atoms with Crippen molar-refractivity contribution in [2.45, 2.75) is 103 Å². The smallest absolute Gasteiger partial charge is 0.408 e. The Balaban J connectivity index is 1.37. The molecule has 0 saturated heterocycles. The van der Waals surface area contributed by atoms with Crippen LogP contribution in [0, 0.1) is 0 Å². The molecule has 1 heterocycles. The molecule has 58 heavy (non-hydrogen) atoms. The summed E-state index contributed by atoms with van der Waals surface area (Å²) in [6.45, 7) is 8.41. The van der Waals surface area contributed by atoms with E-state index in [4.69, 9.17) is 14.2 Å². The van der Waals surface area contributed by atoms with E-state index in [2.05, 4.69) is 31.6 Å². The quantitative estimate of drug-likeness (QED) is 0.0431. The minimum Gasteiger partial charge on any atom is -0.459 e. The average Bonchev–Trinajstić information content (AvgIpc) is 3.60. The highest BCUT2D eigenvalue weighted by atomic mass is 16.6. The molecule has 15 heteroatoms. The van der Waals surface area contributed by atoms with Crippen molar-refractivity contribution in [2.24, 2.45) is 0 Å². The molecule has 0 saturated carbocycles. The van der Waals surface area contributed by atoms with Crippen LogP contribution in [-0.4, -0.2) is 77.2 Å². The molecule has 310 valence electrons. The monoisotopic (exact) mass is 798 g/mol. The number of nitrogens with one attached hydrogen (secondary N) is 6. The average molecular weight is 799 g/mol. The fourth-order valence-electron chi connectivity index (χ4n) is 5.79. The van der Waals surface area contributed by atoms with Crippen LogP contribution in [0.15, 0.2) is 91.1 Å². The van der Waals surface area contributed by atoms with Gasteiger partial charge in [0.2, 0.25) is 17.7 Å². The molecule has 0 aliphatic rings. The van der Waals surface area contributed by atoms with Gasteiger partial charge in [-0.25, -0.2) is 14.4 Å². The number of carbonyl (C=O) groups is 6. The van der Waals surface area contributed by atoms with E-state index in [-0.39, 0.29) is 32.6 Å². The molecule has 0 spiro atoms. The summed E-state index contributed by atoms with van der Waals surface area (Å²) in [6.07, 6.45) is 1.43. The van der Waals surface area contributed by atoms with Gasteiger partial charge >= 0.3 is 18.2 Å². The second kappa shape index (κ2) is 21.8. The van der Waals surface area contributed by atoms with Crippen LogP contribution >= 0.6 is 0 Å². The third kappa shape index (κ3) is 14.9. The zero-order chi connectivity index (χ0) is 42.1. The van der Waals surface area contributed by atoms with Crippen LogP contribution < -0.4 is 26.6 Å². The molecule has 0 unspecified atom stereocenters. The van der Waals surface area contributed by atoms with Gasteiger partial charge in [0.05, 0.1) is 0 Å². The number of amides is 5. The van der Waals surface area contributed by atoms with Crippen molar-refractivity contribution in [2.75, 3.05) is 6.54 Å². The lowest BCUT2D eigenvalue weighted by atomic mass is 10.0. The third-order valence-corrected chi connectivity index (χ3v) is 8.83. The number of hydrogen-bond donors (Lipinski definition) is 6. The second-order valence-electron chi connectivity index (χ2n) is 14.9. The Bertz CT molecular complexity index is 1980. The first kappa shape index (κ1) is 44.3. The van der Waals surface area contributed by atoms with Crippen LogP contribution in [0.2, 0.25) is 0 Å². The molecule has 0 aliphatic heterocycles. The van der Waals surface area contributed by atoms with E-state index in [0.717, 1.165) is 27.6 Å². The van der Waals surface area contributed by atoms with Crippen LogP contribution in [0.3, 0.4) is 0 Å². The maximum atomic E-state index is 13.7. The van der Waals surface area contributed by atoms with Crippen LogP contribution in [-0.2, 0) is 53.0 Å². The van der Waals surface area contributed by atoms with Crippen molar-refractivity contribution < 1.29 is 43.0 Å². The number of hydrogen-bond acceptors (Lipinski definition) is 9. The van der Waals surface area contributed by atoms with Gasteiger partial charge in [0.1, 0.15) is 43.0 Å². The van der Waals surface area contributed by atoms with Gasteiger partial charge in [-0.15, -0.1) is 0 Å². The zero-order valence-electron chi connectivity index (χ0n) is 33.6. The molecule has 4 atom stereocenters. The van der Waals surface area contributed by atoms with Gasteiger partial charge in [0, 0.05) is 30.1 Å². The molecule has 0 aliphatic carbocycles. The number of H-pyrrole nitrogens is 1. The first-order valence-corrected chi connectivity index (χ1v) is 19.3. The Kier molecular flexibility index (Phi) is 16.7. The minimum atomic E-state index is -1.15. The predicted octanol–water partition coefficient (Wildman–Crippen LogP) is 4.94. The number of ether oxygens (including phenoxy) is 3. The van der Waals surface area contributed by atoms with Gasteiger partial charge in [-0.3, -0.25) is 14.4 Å². The third-order valence-electron chi connectivity index (χ3n) is 8.83. The van der Waals surface area contributed by atoms with Crippen molar-refractivity contribution in [1.82, 2.24) is 31.6 Å². The molecular weight excluding hydrogens is 745 g/mol. The summed E-state index contributed by atoms with van der Waals surface area (Å²) in [5, 5.41) is 14.1. The maximum Gasteiger partial charge on any atom is 0.408 e. The zero-order valence-corrected chi connectivity index (χ0v) is 33.6. The Morgan fingerprint density at radius 2 is 1.22 bits per heavy atom. The fourth-order valence-corrected chi connectivity index (χ4v) is 5.79. The number of para-hydroxylation sites is 1.